The number of hydrogen-bond donors (Lipinski definition) is 1. The Morgan fingerprint density at radius 3 is 2.69 bits per heavy atom. The number of benzene rings is 2. The normalized spacial score (nSPS) is 10.8. The van der Waals surface area contributed by atoms with Gasteiger partial charge in [-0.3, -0.25) is 10.1 Å². The van der Waals surface area contributed by atoms with Crippen LogP contribution in [0.1, 0.15) is 20.8 Å². The maximum Gasteiger partial charge on any atom is 0.269 e. The average molecular weight is 477 g/mol. The molecule has 0 saturated carbocycles. The van der Waals surface area contributed by atoms with Gasteiger partial charge < -0.3 is 0 Å². The number of anilines is 1. The molecule has 0 aliphatic rings. The van der Waals surface area contributed by atoms with E-state index in [1.54, 1.807) is 30.3 Å². The maximum atomic E-state index is 12.6. The lowest BCUT2D eigenvalue weighted by molar-refractivity contribution is 0.103. The van der Waals surface area contributed by atoms with E-state index in [0.29, 0.717) is 31.4 Å². The van der Waals surface area contributed by atoms with Crippen molar-refractivity contribution in [2.24, 2.45) is 0 Å². The summed E-state index contributed by atoms with van der Waals surface area (Å²) in [7, 11) is 0. The Kier molecular flexibility index (Phi) is 6.04. The van der Waals surface area contributed by atoms with Crippen molar-refractivity contribution in [3.63, 3.8) is 0 Å². The Labute approximate surface area is 188 Å². The number of carbonyl (C=O) groups is 1. The lowest BCUT2D eigenvalue weighted by Gasteiger charge is -1.99. The largest absolute Gasteiger partial charge is 0.296 e. The predicted molar refractivity (Wildman–Crippen MR) is 120 cm³/mol. The van der Waals surface area contributed by atoms with E-state index in [-0.39, 0.29) is 5.91 Å². The second kappa shape index (κ2) is 8.69. The van der Waals surface area contributed by atoms with E-state index >= 15 is 0 Å². The molecular weight excluding hydrogens is 467 g/mol. The second-order valence-electron chi connectivity index (χ2n) is 5.81. The Bertz CT molecular complexity index is 1240. The molecule has 0 atom stereocenters. The van der Waals surface area contributed by atoms with Crippen molar-refractivity contribution < 1.29 is 4.79 Å². The summed E-state index contributed by atoms with van der Waals surface area (Å²) >= 11 is 16.5. The number of thiophene rings is 1. The van der Waals surface area contributed by atoms with Gasteiger partial charge in [-0.2, -0.15) is 5.26 Å². The SMILES string of the molecule is N#Cc1ccc(CSc2nnc(NC(=O)c3sc4cc(Cl)ccc4c3Cl)s2)cc1. The first-order valence-corrected chi connectivity index (χ1v) is 11.5. The smallest absolute Gasteiger partial charge is 0.269 e. The molecule has 0 fully saturated rings. The van der Waals surface area contributed by atoms with E-state index in [4.69, 9.17) is 28.5 Å². The molecule has 4 aromatic rings. The van der Waals surface area contributed by atoms with E-state index in [0.717, 1.165) is 20.0 Å². The minimum absolute atomic E-state index is 0.327. The molecule has 0 saturated heterocycles. The lowest BCUT2D eigenvalue weighted by atomic mass is 10.2. The number of nitrogens with zero attached hydrogens (tertiary/aromatic N) is 3. The summed E-state index contributed by atoms with van der Waals surface area (Å²) in [6.45, 7) is 0. The number of halogens is 2. The van der Waals surface area contributed by atoms with Crippen LogP contribution in [0.25, 0.3) is 10.1 Å². The standard InChI is InChI=1S/C19H10Cl2N4OS3/c20-12-5-6-13-14(7-12)28-16(15(13)21)17(26)23-18-24-25-19(29-18)27-9-11-3-1-10(8-22)2-4-11/h1-7H,9H2,(H,23,24,26). The van der Waals surface area contributed by atoms with Crippen molar-refractivity contribution in [1.29, 1.82) is 5.26 Å². The Morgan fingerprint density at radius 2 is 1.93 bits per heavy atom. The van der Waals surface area contributed by atoms with Gasteiger partial charge in [0.2, 0.25) is 5.13 Å². The molecule has 2 aromatic heterocycles. The third-order valence-corrected chi connectivity index (χ3v) is 7.80. The fraction of sp³-hybridized carbons (Fsp3) is 0.0526. The number of rotatable bonds is 5. The molecule has 5 nitrogen and oxygen atoms in total. The van der Waals surface area contributed by atoms with E-state index in [1.165, 1.54) is 34.4 Å². The lowest BCUT2D eigenvalue weighted by Crippen LogP contribution is -2.10. The first-order chi connectivity index (χ1) is 14.0. The van der Waals surface area contributed by atoms with Gasteiger partial charge in [-0.1, -0.05) is 64.5 Å². The average Bonchev–Trinajstić information content (AvgIpc) is 3.30. The van der Waals surface area contributed by atoms with Crippen molar-refractivity contribution in [1.82, 2.24) is 10.2 Å². The van der Waals surface area contributed by atoms with Gasteiger partial charge in [0, 0.05) is 20.9 Å². The molecule has 10 heteroatoms. The molecule has 0 spiro atoms. The summed E-state index contributed by atoms with van der Waals surface area (Å²) in [5.74, 6) is 0.365. The molecule has 29 heavy (non-hydrogen) atoms. The van der Waals surface area contributed by atoms with E-state index in [2.05, 4.69) is 21.6 Å². The molecule has 4 rings (SSSR count). The van der Waals surface area contributed by atoms with E-state index in [1.807, 2.05) is 12.1 Å². The number of thioether (sulfide) groups is 1. The quantitative estimate of drug-likeness (QED) is 0.263. The minimum Gasteiger partial charge on any atom is -0.296 e. The fourth-order valence-electron chi connectivity index (χ4n) is 2.48. The topological polar surface area (TPSA) is 78.7 Å². The molecule has 0 bridgehead atoms. The van der Waals surface area contributed by atoms with Gasteiger partial charge in [0.05, 0.1) is 16.7 Å². The van der Waals surface area contributed by atoms with Crippen LogP contribution in [-0.2, 0) is 5.75 Å². The predicted octanol–water partition coefficient (Wildman–Crippen LogP) is 6.48. The van der Waals surface area contributed by atoms with Crippen LogP contribution in [0.4, 0.5) is 5.13 Å². The van der Waals surface area contributed by atoms with Gasteiger partial charge in [-0.25, -0.2) is 0 Å². The van der Waals surface area contributed by atoms with Crippen LogP contribution in [0, 0.1) is 11.3 Å². The zero-order valence-corrected chi connectivity index (χ0v) is 18.4. The molecule has 2 heterocycles. The van der Waals surface area contributed by atoms with Crippen molar-refractivity contribution in [3.8, 4) is 6.07 Å². The molecular formula is C19H10Cl2N4OS3. The van der Waals surface area contributed by atoms with E-state index in [9.17, 15) is 4.79 Å². The summed E-state index contributed by atoms with van der Waals surface area (Å²) in [5.41, 5.74) is 1.70. The van der Waals surface area contributed by atoms with Gasteiger partial charge >= 0.3 is 0 Å². The van der Waals surface area contributed by atoms with Gasteiger partial charge in [-0.15, -0.1) is 21.5 Å². The maximum absolute atomic E-state index is 12.6. The molecule has 144 valence electrons. The molecule has 0 aliphatic carbocycles. The fourth-order valence-corrected chi connectivity index (χ4v) is 5.87. The molecule has 0 radical (unpaired) electrons. The number of amides is 1. The van der Waals surface area contributed by atoms with Crippen LogP contribution in [0.15, 0.2) is 46.8 Å². The van der Waals surface area contributed by atoms with Crippen LogP contribution in [0.3, 0.4) is 0 Å². The number of nitrogens with one attached hydrogen (secondary N) is 1. The first kappa shape index (κ1) is 20.1. The van der Waals surface area contributed by atoms with Crippen molar-refractivity contribution in [2.75, 3.05) is 5.32 Å². The van der Waals surface area contributed by atoms with Crippen LogP contribution in [0.2, 0.25) is 10.0 Å². The van der Waals surface area contributed by atoms with Crippen LogP contribution < -0.4 is 5.32 Å². The van der Waals surface area contributed by atoms with Crippen LogP contribution in [-0.4, -0.2) is 16.1 Å². The summed E-state index contributed by atoms with van der Waals surface area (Å²) in [5, 5.41) is 21.9. The first-order valence-electron chi connectivity index (χ1n) is 8.18. The second-order valence-corrected chi connectivity index (χ2v) is 9.88. The van der Waals surface area contributed by atoms with Crippen molar-refractivity contribution in [2.45, 2.75) is 10.1 Å². The van der Waals surface area contributed by atoms with Gasteiger partial charge in [0.1, 0.15) is 4.88 Å². The third-order valence-electron chi connectivity index (χ3n) is 3.87. The summed E-state index contributed by atoms with van der Waals surface area (Å²) in [6.07, 6.45) is 0. The summed E-state index contributed by atoms with van der Waals surface area (Å²) in [4.78, 5) is 13.0. The molecule has 2 aromatic carbocycles. The molecule has 1 N–H and O–H groups in total. The van der Waals surface area contributed by atoms with Crippen molar-refractivity contribution >= 4 is 78.8 Å². The Balaban J connectivity index is 1.42. The van der Waals surface area contributed by atoms with Gasteiger partial charge in [0.15, 0.2) is 4.34 Å². The number of aromatic nitrogens is 2. The highest BCUT2D eigenvalue weighted by Crippen LogP contribution is 2.37. The molecule has 0 aliphatic heterocycles. The summed E-state index contributed by atoms with van der Waals surface area (Å²) < 4.78 is 1.59. The van der Waals surface area contributed by atoms with E-state index < -0.39 is 0 Å². The highest BCUT2D eigenvalue weighted by Gasteiger charge is 2.19. The highest BCUT2D eigenvalue weighted by atomic mass is 35.5. The highest BCUT2D eigenvalue weighted by molar-refractivity contribution is 8.00. The number of nitriles is 1. The minimum atomic E-state index is -0.327. The zero-order chi connectivity index (χ0) is 20.4. The Hall–Kier alpha value is -2.15. The molecule has 0 unspecified atom stereocenters. The van der Waals surface area contributed by atoms with Crippen LogP contribution >= 0.6 is 57.6 Å². The van der Waals surface area contributed by atoms with Gasteiger partial charge in [0.25, 0.3) is 5.91 Å². The van der Waals surface area contributed by atoms with Crippen molar-refractivity contribution in [3.05, 3.63) is 68.5 Å². The number of hydrogen-bond acceptors (Lipinski definition) is 7. The summed E-state index contributed by atoms with van der Waals surface area (Å²) in [6, 6.07) is 14.8. The monoisotopic (exact) mass is 476 g/mol. The third kappa shape index (κ3) is 4.55. The number of fused-ring (bicyclic) bond motifs is 1. The zero-order valence-electron chi connectivity index (χ0n) is 14.5. The number of carbonyl (C=O) groups excluding carboxylic acids is 1. The Morgan fingerprint density at radius 1 is 1.14 bits per heavy atom. The van der Waals surface area contributed by atoms with Gasteiger partial charge in [-0.05, 0) is 29.8 Å². The van der Waals surface area contributed by atoms with Crippen LogP contribution in [0.5, 0.6) is 0 Å². The molecule has 1 amide bonds.